The molecule has 2 heteroatoms. The molecule has 0 amide bonds. The van der Waals surface area contributed by atoms with Crippen LogP contribution in [0.5, 0.6) is 0 Å². The van der Waals surface area contributed by atoms with E-state index in [0.717, 1.165) is 11.3 Å². The molecule has 0 aliphatic carbocycles. The lowest BCUT2D eigenvalue weighted by atomic mass is 10.2. The maximum atomic E-state index is 4.79. The average molecular weight is 132 g/mol. The molecule has 2 nitrogen and oxygen atoms in total. The molecular weight excluding hydrogens is 126 g/mol. The molecule has 1 radical (unpaired) electrons. The quantitative estimate of drug-likeness (QED) is 0.632. The summed E-state index contributed by atoms with van der Waals surface area (Å²) in [6.45, 7) is 0. The zero-order chi connectivity index (χ0) is 6.81. The van der Waals surface area contributed by atoms with Gasteiger partial charge >= 0.3 is 0 Å². The molecule has 0 unspecified atom stereocenters. The molecule has 0 bridgehead atoms. The molecular formula is C8H6NO. The Morgan fingerprint density at radius 1 is 1.40 bits per heavy atom. The molecule has 0 spiro atoms. The van der Waals surface area contributed by atoms with Gasteiger partial charge in [0.15, 0.2) is 6.26 Å². The Morgan fingerprint density at radius 3 is 3.00 bits per heavy atom. The summed E-state index contributed by atoms with van der Waals surface area (Å²) in [7, 11) is 0. The van der Waals surface area contributed by atoms with Crippen LogP contribution in [0, 0.1) is 6.26 Å². The summed E-state index contributed by atoms with van der Waals surface area (Å²) >= 11 is 0. The zero-order valence-electron chi connectivity index (χ0n) is 5.29. The summed E-state index contributed by atoms with van der Waals surface area (Å²) in [5.74, 6) is 0. The summed E-state index contributed by atoms with van der Waals surface area (Å²) in [4.78, 5) is 3.05. The molecule has 2 rings (SSSR count). The van der Waals surface area contributed by atoms with Crippen LogP contribution in [-0.4, -0.2) is 4.98 Å². The van der Waals surface area contributed by atoms with Crippen LogP contribution in [-0.2, 0) is 0 Å². The highest BCUT2D eigenvalue weighted by Crippen LogP contribution is 2.15. The highest BCUT2D eigenvalue weighted by atomic mass is 16.3. The molecule has 0 aliphatic rings. The van der Waals surface area contributed by atoms with Gasteiger partial charge in [-0.1, -0.05) is 0 Å². The van der Waals surface area contributed by atoms with Crippen molar-refractivity contribution >= 4 is 0 Å². The number of furan rings is 1. The first-order valence-electron chi connectivity index (χ1n) is 3.06. The Morgan fingerprint density at radius 2 is 2.40 bits per heavy atom. The second-order valence-electron chi connectivity index (χ2n) is 2.02. The van der Waals surface area contributed by atoms with Gasteiger partial charge in [-0.2, -0.15) is 0 Å². The van der Waals surface area contributed by atoms with E-state index in [-0.39, 0.29) is 0 Å². The van der Waals surface area contributed by atoms with E-state index in [1.165, 1.54) is 0 Å². The van der Waals surface area contributed by atoms with Crippen molar-refractivity contribution in [3.63, 3.8) is 0 Å². The van der Waals surface area contributed by atoms with E-state index in [2.05, 4.69) is 11.2 Å². The normalized spacial score (nSPS) is 10.0. The first kappa shape index (κ1) is 5.35. The van der Waals surface area contributed by atoms with E-state index in [0.29, 0.717) is 0 Å². The molecule has 2 aromatic heterocycles. The average Bonchev–Trinajstić information content (AvgIpc) is 2.59. The minimum atomic E-state index is 0.963. The van der Waals surface area contributed by atoms with Gasteiger partial charge in [0.05, 0.1) is 6.26 Å². The minimum absolute atomic E-state index is 0.963. The van der Waals surface area contributed by atoms with Crippen LogP contribution in [0.15, 0.2) is 35.1 Å². The second-order valence-corrected chi connectivity index (χ2v) is 2.02. The van der Waals surface area contributed by atoms with Gasteiger partial charge in [0, 0.05) is 17.5 Å². The van der Waals surface area contributed by atoms with Crippen molar-refractivity contribution < 1.29 is 4.42 Å². The molecule has 0 saturated carbocycles. The van der Waals surface area contributed by atoms with Crippen molar-refractivity contribution in [3.05, 3.63) is 36.9 Å². The lowest BCUT2D eigenvalue weighted by Gasteiger charge is -1.84. The van der Waals surface area contributed by atoms with E-state index in [1.54, 1.807) is 6.26 Å². The first-order valence-corrected chi connectivity index (χ1v) is 3.06. The van der Waals surface area contributed by atoms with E-state index in [1.807, 2.05) is 24.4 Å². The third-order valence-corrected chi connectivity index (χ3v) is 1.36. The predicted molar refractivity (Wildman–Crippen MR) is 37.3 cm³/mol. The third-order valence-electron chi connectivity index (χ3n) is 1.36. The molecule has 2 aromatic rings. The summed E-state index contributed by atoms with van der Waals surface area (Å²) in [6, 6.07) is 5.78. The van der Waals surface area contributed by atoms with Crippen LogP contribution < -0.4 is 0 Å². The predicted octanol–water partition coefficient (Wildman–Crippen LogP) is 2.07. The fourth-order valence-corrected chi connectivity index (χ4v) is 0.876. The van der Waals surface area contributed by atoms with Crippen molar-refractivity contribution in [2.75, 3.05) is 0 Å². The summed E-state index contributed by atoms with van der Waals surface area (Å²) in [6.07, 6.45) is 6.21. The molecule has 2 heterocycles. The fourth-order valence-electron chi connectivity index (χ4n) is 0.876. The van der Waals surface area contributed by atoms with Crippen molar-refractivity contribution in [2.45, 2.75) is 0 Å². The van der Waals surface area contributed by atoms with Crippen LogP contribution >= 0.6 is 0 Å². The van der Waals surface area contributed by atoms with Crippen LogP contribution in [0.2, 0.25) is 0 Å². The molecule has 0 aliphatic heterocycles. The molecule has 10 heavy (non-hydrogen) atoms. The largest absolute Gasteiger partial charge is 0.460 e. The van der Waals surface area contributed by atoms with Crippen LogP contribution in [0.4, 0.5) is 0 Å². The molecule has 0 aromatic carbocycles. The van der Waals surface area contributed by atoms with Crippen LogP contribution in [0.3, 0.4) is 0 Å². The standard InChI is InChI=1S/C8H6NO/c1-2-8(9-4-1)7-3-5-10-6-7/h1-5,9H. The number of nitrogens with one attached hydrogen (secondary N) is 1. The Bertz CT molecular complexity index is 249. The third kappa shape index (κ3) is 0.739. The second kappa shape index (κ2) is 2.06. The maximum absolute atomic E-state index is 4.79. The van der Waals surface area contributed by atoms with Crippen molar-refractivity contribution in [1.29, 1.82) is 0 Å². The Hall–Kier alpha value is -1.44. The van der Waals surface area contributed by atoms with Gasteiger partial charge in [-0.15, -0.1) is 0 Å². The fraction of sp³-hybridized carbons (Fsp3) is 0. The van der Waals surface area contributed by atoms with Gasteiger partial charge in [0.1, 0.15) is 0 Å². The number of hydrogen-bond acceptors (Lipinski definition) is 1. The summed E-state index contributed by atoms with van der Waals surface area (Å²) in [5, 5.41) is 0. The zero-order valence-corrected chi connectivity index (χ0v) is 5.29. The number of H-pyrrole nitrogens is 1. The maximum Gasteiger partial charge on any atom is 0.179 e. The molecule has 49 valence electrons. The number of rotatable bonds is 1. The van der Waals surface area contributed by atoms with Gasteiger partial charge in [-0.25, -0.2) is 0 Å². The van der Waals surface area contributed by atoms with Gasteiger partial charge in [-0.05, 0) is 18.2 Å². The topological polar surface area (TPSA) is 28.9 Å². The minimum Gasteiger partial charge on any atom is -0.460 e. The van der Waals surface area contributed by atoms with Gasteiger partial charge in [-0.3, -0.25) is 0 Å². The first-order chi connectivity index (χ1) is 4.97. The van der Waals surface area contributed by atoms with Crippen molar-refractivity contribution in [2.24, 2.45) is 0 Å². The van der Waals surface area contributed by atoms with Crippen molar-refractivity contribution in [1.82, 2.24) is 4.98 Å². The smallest absolute Gasteiger partial charge is 0.179 e. The molecule has 0 fully saturated rings. The lowest BCUT2D eigenvalue weighted by molar-refractivity contribution is 0.559. The molecule has 1 N–H and O–H groups in total. The van der Waals surface area contributed by atoms with Gasteiger partial charge < -0.3 is 9.40 Å². The lowest BCUT2D eigenvalue weighted by Crippen LogP contribution is -1.68. The van der Waals surface area contributed by atoms with E-state index < -0.39 is 0 Å². The van der Waals surface area contributed by atoms with Gasteiger partial charge in [0.25, 0.3) is 0 Å². The SMILES string of the molecule is [c]1occc1-c1ccc[nH]1. The monoisotopic (exact) mass is 132 g/mol. The Balaban J connectivity index is 2.48. The van der Waals surface area contributed by atoms with E-state index in [4.69, 9.17) is 4.42 Å². The van der Waals surface area contributed by atoms with E-state index in [9.17, 15) is 0 Å². The summed E-state index contributed by atoms with van der Waals surface area (Å²) < 4.78 is 4.79. The number of aromatic nitrogens is 1. The van der Waals surface area contributed by atoms with Gasteiger partial charge in [0.2, 0.25) is 0 Å². The highest BCUT2D eigenvalue weighted by molar-refractivity contribution is 5.56. The van der Waals surface area contributed by atoms with Crippen LogP contribution in [0.25, 0.3) is 11.3 Å². The number of hydrogen-bond donors (Lipinski definition) is 1. The number of aromatic amines is 1. The summed E-state index contributed by atoms with van der Waals surface area (Å²) in [5.41, 5.74) is 2.00. The molecule has 0 atom stereocenters. The van der Waals surface area contributed by atoms with Crippen molar-refractivity contribution in [3.8, 4) is 11.3 Å². The van der Waals surface area contributed by atoms with Crippen LogP contribution in [0.1, 0.15) is 0 Å². The Labute approximate surface area is 58.5 Å². The highest BCUT2D eigenvalue weighted by Gasteiger charge is 1.97. The molecule has 0 saturated heterocycles. The van der Waals surface area contributed by atoms with E-state index >= 15 is 0 Å². The Kier molecular flexibility index (Phi) is 1.10.